The fourth-order valence-corrected chi connectivity index (χ4v) is 13.9. The summed E-state index contributed by atoms with van der Waals surface area (Å²) >= 11 is 0. The van der Waals surface area contributed by atoms with Crippen molar-refractivity contribution in [3.63, 3.8) is 0 Å². The number of carbonyl (C=O) groups excluding carboxylic acids is 1. The van der Waals surface area contributed by atoms with Gasteiger partial charge in [-0.15, -0.1) is 0 Å². The number of aliphatic hydroxyl groups is 1. The van der Waals surface area contributed by atoms with Gasteiger partial charge in [0.25, 0.3) is 0 Å². The van der Waals surface area contributed by atoms with E-state index in [1.165, 1.54) is 36.9 Å². The summed E-state index contributed by atoms with van der Waals surface area (Å²) in [5.41, 5.74) is 13.6. The number of nitrogens with two attached hydrogens (primary N) is 1. The Balaban J connectivity index is 0.000000127. The predicted molar refractivity (Wildman–Crippen MR) is 403 cm³/mol. The minimum Gasteiger partial charge on any atom is -0.381 e. The van der Waals surface area contributed by atoms with Crippen LogP contribution in [0.25, 0.3) is 108 Å². The molecule has 10 aromatic carbocycles. The second-order valence-electron chi connectivity index (χ2n) is 25.2. The lowest BCUT2D eigenvalue weighted by molar-refractivity contribution is -0.119. The normalized spacial score (nSPS) is 14.0. The van der Waals surface area contributed by atoms with Crippen LogP contribution in [0.2, 0.25) is 0 Å². The number of hydrogen-bond donors (Lipinski definition) is 8. The predicted octanol–water partition coefficient (Wildman–Crippen LogP) is 14.2. The van der Waals surface area contributed by atoms with Crippen LogP contribution in [0.1, 0.15) is 71.4 Å². The van der Waals surface area contributed by atoms with Crippen molar-refractivity contribution >= 4 is 127 Å². The molecule has 492 valence electrons. The van der Waals surface area contributed by atoms with Gasteiger partial charge in [-0.3, -0.25) is 24.0 Å². The summed E-state index contributed by atoms with van der Waals surface area (Å²) in [6, 6.07) is 53.0. The summed E-state index contributed by atoms with van der Waals surface area (Å²) in [7, 11) is 1.79. The summed E-state index contributed by atoms with van der Waals surface area (Å²) in [5, 5.41) is 41.8. The molecule has 16 rings (SSSR count). The third-order valence-electron chi connectivity index (χ3n) is 18.9. The third kappa shape index (κ3) is 13.0. The molecule has 0 radical (unpaired) electrons. The number of rotatable bonds is 16. The average Bonchev–Trinajstić information content (AvgIpc) is 0.707. The Kier molecular flexibility index (Phi) is 19.1. The van der Waals surface area contributed by atoms with Crippen molar-refractivity contribution in [2.45, 2.75) is 85.9 Å². The van der Waals surface area contributed by atoms with Crippen molar-refractivity contribution < 1.29 is 9.90 Å². The largest absolute Gasteiger partial charge is 0.381 e. The van der Waals surface area contributed by atoms with E-state index in [4.69, 9.17) is 5.73 Å². The lowest BCUT2D eigenvalue weighted by atomic mass is 9.81. The molecule has 1 fully saturated rings. The molecule has 4 aliphatic carbocycles. The van der Waals surface area contributed by atoms with Gasteiger partial charge < -0.3 is 47.6 Å². The van der Waals surface area contributed by atoms with E-state index in [0.717, 1.165) is 102 Å². The second-order valence-corrected chi connectivity index (χ2v) is 25.2. The lowest BCUT2D eigenvalue weighted by Gasteiger charge is -2.33. The molecule has 2 atom stereocenters. The molecular formula is C80H81N11O6. The van der Waals surface area contributed by atoms with Crippen molar-refractivity contribution in [3.8, 4) is 22.3 Å². The molecule has 0 spiro atoms. The first-order valence-corrected chi connectivity index (χ1v) is 33.1. The highest BCUT2D eigenvalue weighted by Gasteiger charge is 2.28. The highest BCUT2D eigenvalue weighted by atomic mass is 16.3. The standard InChI is InChI=1S/C23H39N9O.2C22H10O2.C12H18N2O.CH4/c1-4-23(24,33)16-27-18-9-11-19(12-10-18)28-22-30-20(25-3)29-21(31-22)26-13-7-15-32-14-6-5-8-17(32)2;2*23-21-13-5-1-3-11-7-9-16-19(17(11)13)20-15(21)10-8-12-4-2-6-14(18(12)20)22(16)24;1-4-13-12(15)8-14-11-6-5-9(2)7-10(11)3;/h9-12,17,27,33H,4-8,13-16,24H2,1-3H3,(H3,25,26,28,29,30,31);2*1-10H;5-7,14H,4,8H2,1-3H3,(H,13,15);1H4. The number of aryl methyl sites for hydroxylation is 2. The molecule has 17 heteroatoms. The summed E-state index contributed by atoms with van der Waals surface area (Å²) in [4.78, 5) is 79.4. The highest BCUT2D eigenvalue weighted by molar-refractivity contribution is 6.29. The van der Waals surface area contributed by atoms with E-state index in [1.807, 2.05) is 178 Å². The third-order valence-corrected chi connectivity index (χ3v) is 18.9. The maximum atomic E-state index is 13.1. The molecule has 0 bridgehead atoms. The van der Waals surface area contributed by atoms with Gasteiger partial charge in [-0.2, -0.15) is 15.0 Å². The molecular weight excluding hydrogens is 1210 g/mol. The van der Waals surface area contributed by atoms with Crippen molar-refractivity contribution in [1.82, 2.24) is 25.2 Å². The maximum absolute atomic E-state index is 13.1. The molecule has 0 saturated carbocycles. The number of nitrogens with one attached hydrogen (secondary N) is 6. The molecule has 1 amide bonds. The van der Waals surface area contributed by atoms with E-state index in [0.29, 0.717) is 86.5 Å². The number of piperidine rings is 1. The van der Waals surface area contributed by atoms with Crippen molar-refractivity contribution in [1.29, 1.82) is 0 Å². The zero-order valence-corrected chi connectivity index (χ0v) is 54.8. The highest BCUT2D eigenvalue weighted by Crippen LogP contribution is 2.46. The molecule has 17 nitrogen and oxygen atoms in total. The number of amides is 1. The number of nitrogens with zero attached hydrogens (tertiary/aromatic N) is 4. The van der Waals surface area contributed by atoms with Crippen LogP contribution in [0.15, 0.2) is 183 Å². The Labute approximate surface area is 561 Å². The molecule has 5 aliphatic rings. The molecule has 2 unspecified atom stereocenters. The number of carbonyl (C=O) groups is 1. The van der Waals surface area contributed by atoms with Crippen LogP contribution in [-0.4, -0.2) is 88.9 Å². The van der Waals surface area contributed by atoms with Gasteiger partial charge in [-0.25, -0.2) is 0 Å². The number of anilines is 6. The Hall–Kier alpha value is -10.7. The Morgan fingerprint density at radius 1 is 0.567 bits per heavy atom. The first-order chi connectivity index (χ1) is 46.5. The van der Waals surface area contributed by atoms with E-state index >= 15 is 0 Å². The first kappa shape index (κ1) is 66.3. The molecule has 1 aliphatic heterocycles. The Morgan fingerprint density at radius 2 is 1.03 bits per heavy atom. The zero-order valence-electron chi connectivity index (χ0n) is 54.8. The second kappa shape index (κ2) is 27.9. The SMILES string of the molecule is C.CCC(N)(O)CNc1ccc(Nc2nc(NC)nc(NCCCN3CCCCC3C)n2)cc1.CCNC(=O)CNc1ccc(C)cc1C.O=c1c2ccc3cccc4c(=O)c5ccc6cccc1c6c5-c2c34.O=c1c2ccc3cccc4c(=O)c5ccc6cccc1c6c5-c2c34. The fourth-order valence-electron chi connectivity index (χ4n) is 13.9. The van der Waals surface area contributed by atoms with E-state index in [2.05, 4.69) is 71.7 Å². The first-order valence-electron chi connectivity index (χ1n) is 33.1. The van der Waals surface area contributed by atoms with Crippen LogP contribution in [-0.2, 0) is 4.79 Å². The molecule has 9 N–H and O–H groups in total. The van der Waals surface area contributed by atoms with Crippen LogP contribution >= 0.6 is 0 Å². The van der Waals surface area contributed by atoms with Gasteiger partial charge in [0.2, 0.25) is 23.8 Å². The van der Waals surface area contributed by atoms with Crippen LogP contribution in [0.4, 0.5) is 34.9 Å². The molecule has 1 saturated heterocycles. The van der Waals surface area contributed by atoms with E-state index in [1.54, 1.807) is 7.05 Å². The molecule has 97 heavy (non-hydrogen) atoms. The van der Waals surface area contributed by atoms with Crippen LogP contribution in [0, 0.1) is 13.8 Å². The number of likely N-dealkylation sites (tertiary alicyclic amines) is 1. The van der Waals surface area contributed by atoms with E-state index in [9.17, 15) is 29.1 Å². The average molecular weight is 1290 g/mol. The van der Waals surface area contributed by atoms with Gasteiger partial charge in [0.15, 0.2) is 21.7 Å². The van der Waals surface area contributed by atoms with E-state index in [-0.39, 0.29) is 41.6 Å². The molecule has 1 aromatic heterocycles. The van der Waals surface area contributed by atoms with Gasteiger partial charge >= 0.3 is 0 Å². The Bertz CT molecular complexity index is 4980. The Morgan fingerprint density at radius 3 is 1.47 bits per heavy atom. The van der Waals surface area contributed by atoms with Gasteiger partial charge in [0.1, 0.15) is 5.72 Å². The van der Waals surface area contributed by atoms with Gasteiger partial charge in [-0.1, -0.05) is 136 Å². The van der Waals surface area contributed by atoms with Crippen LogP contribution in [0.5, 0.6) is 0 Å². The summed E-state index contributed by atoms with van der Waals surface area (Å²) in [6.45, 7) is 14.5. The summed E-state index contributed by atoms with van der Waals surface area (Å²) < 4.78 is 0. The minimum atomic E-state index is -1.22. The number of hydrogen-bond acceptors (Lipinski definition) is 16. The van der Waals surface area contributed by atoms with Gasteiger partial charge in [-0.05, 0) is 142 Å². The van der Waals surface area contributed by atoms with Crippen molar-refractivity contribution in [2.75, 3.05) is 72.9 Å². The van der Waals surface area contributed by atoms with Gasteiger partial charge in [0.05, 0.1) is 13.1 Å². The van der Waals surface area contributed by atoms with E-state index < -0.39 is 5.72 Å². The molecule has 11 aromatic rings. The minimum absolute atomic E-state index is 0. The quantitative estimate of drug-likeness (QED) is 0.0194. The monoisotopic (exact) mass is 1290 g/mol. The number of aromatic nitrogens is 3. The fraction of sp³-hybridized carbons (Fsp3) is 0.250. The van der Waals surface area contributed by atoms with Crippen molar-refractivity contribution in [3.05, 3.63) is 216 Å². The maximum Gasteiger partial charge on any atom is 0.239 e. The smallest absolute Gasteiger partial charge is 0.239 e. The summed E-state index contributed by atoms with van der Waals surface area (Å²) in [5.74, 6) is 1.53. The topological polar surface area (TPSA) is 246 Å². The molecule has 2 heterocycles. The number of benzene rings is 14. The van der Waals surface area contributed by atoms with Crippen LogP contribution in [0.3, 0.4) is 0 Å². The zero-order chi connectivity index (χ0) is 66.9. The lowest BCUT2D eigenvalue weighted by Crippen LogP contribution is -2.45. The van der Waals surface area contributed by atoms with Crippen molar-refractivity contribution in [2.24, 2.45) is 5.73 Å². The number of likely N-dealkylation sites (N-methyl/N-ethyl adjacent to an activating group) is 1. The van der Waals surface area contributed by atoms with Crippen LogP contribution < -0.4 is 59.3 Å². The van der Waals surface area contributed by atoms with Gasteiger partial charge in [0, 0.05) is 137 Å². The summed E-state index contributed by atoms with van der Waals surface area (Å²) in [6.07, 6.45) is 5.46.